The summed E-state index contributed by atoms with van der Waals surface area (Å²) in [5, 5.41) is 6.80. The van der Waals surface area contributed by atoms with Crippen molar-refractivity contribution in [1.82, 2.24) is 19.7 Å². The monoisotopic (exact) mass is 352 g/mol. The molecule has 0 aliphatic rings. The molecule has 0 unspecified atom stereocenters. The molecule has 0 radical (unpaired) electrons. The average Bonchev–Trinajstić information content (AvgIpc) is 3.00. The molecule has 0 saturated heterocycles. The summed E-state index contributed by atoms with van der Waals surface area (Å²) in [5.41, 5.74) is 3.01. The number of hydrogen-bond donors (Lipinski definition) is 0. The number of fused-ring (bicyclic) bond motifs is 2. The van der Waals surface area contributed by atoms with Gasteiger partial charge in [0, 0.05) is 10.8 Å². The molecule has 5 nitrogen and oxygen atoms in total. The van der Waals surface area contributed by atoms with Gasteiger partial charge in [-0.05, 0) is 24.6 Å². The van der Waals surface area contributed by atoms with Gasteiger partial charge in [-0.2, -0.15) is 5.10 Å². The Morgan fingerprint density at radius 1 is 1.12 bits per heavy atom. The number of nitrogens with zero attached hydrogens (tertiary/aromatic N) is 4. The predicted octanol–water partition coefficient (Wildman–Crippen LogP) is 4.16. The maximum absolute atomic E-state index is 6.27. The van der Waals surface area contributed by atoms with Gasteiger partial charge in [0.2, 0.25) is 0 Å². The molecule has 2 aromatic carbocycles. The molecule has 0 saturated carbocycles. The Hall–Kier alpha value is -2.50. The number of hydrogen-bond acceptors (Lipinski definition) is 4. The first-order valence-corrected chi connectivity index (χ1v) is 8.49. The second kappa shape index (κ2) is 6.78. The number of aryl methyl sites for hydroxylation is 1. The topological polar surface area (TPSA) is 52.8 Å². The number of halogens is 1. The van der Waals surface area contributed by atoms with E-state index in [-0.39, 0.29) is 0 Å². The van der Waals surface area contributed by atoms with Crippen molar-refractivity contribution in [1.29, 1.82) is 0 Å². The van der Waals surface area contributed by atoms with E-state index < -0.39 is 0 Å². The van der Waals surface area contributed by atoms with Crippen LogP contribution in [0.2, 0.25) is 5.15 Å². The smallest absolute Gasteiger partial charge is 0.140 e. The quantitative estimate of drug-likeness (QED) is 0.400. The van der Waals surface area contributed by atoms with E-state index in [1.165, 1.54) is 0 Å². The maximum atomic E-state index is 6.27. The van der Waals surface area contributed by atoms with E-state index in [9.17, 15) is 0 Å². The van der Waals surface area contributed by atoms with Gasteiger partial charge in [0.25, 0.3) is 0 Å². The van der Waals surface area contributed by atoms with Crippen molar-refractivity contribution in [3.63, 3.8) is 0 Å². The molecule has 2 heterocycles. The van der Waals surface area contributed by atoms with Gasteiger partial charge in [-0.15, -0.1) is 0 Å². The third-order valence-corrected chi connectivity index (χ3v) is 4.37. The van der Waals surface area contributed by atoms with Crippen LogP contribution in [-0.2, 0) is 17.9 Å². The van der Waals surface area contributed by atoms with Gasteiger partial charge in [-0.25, -0.2) is 9.97 Å². The zero-order valence-corrected chi connectivity index (χ0v) is 14.6. The highest BCUT2D eigenvalue weighted by Gasteiger charge is 2.09. The van der Waals surface area contributed by atoms with E-state index in [2.05, 4.69) is 27.2 Å². The van der Waals surface area contributed by atoms with Gasteiger partial charge in [-0.3, -0.25) is 4.68 Å². The molecule has 126 valence electrons. The van der Waals surface area contributed by atoms with E-state index in [1.54, 1.807) is 0 Å². The first-order valence-electron chi connectivity index (χ1n) is 8.12. The molecular formula is C19H17ClN4O. The van der Waals surface area contributed by atoms with Gasteiger partial charge in [0.05, 0.1) is 37.0 Å². The van der Waals surface area contributed by atoms with Crippen molar-refractivity contribution in [3.8, 4) is 0 Å². The number of ether oxygens (including phenoxy) is 1. The molecular weight excluding hydrogens is 336 g/mol. The van der Waals surface area contributed by atoms with Crippen LogP contribution in [0.25, 0.3) is 21.8 Å². The normalized spacial score (nSPS) is 11.4. The maximum Gasteiger partial charge on any atom is 0.140 e. The minimum Gasteiger partial charge on any atom is -0.375 e. The van der Waals surface area contributed by atoms with Gasteiger partial charge in [-0.1, -0.05) is 41.9 Å². The molecule has 0 amide bonds. The second-order valence-electron chi connectivity index (χ2n) is 5.90. The fourth-order valence-corrected chi connectivity index (χ4v) is 3.14. The van der Waals surface area contributed by atoms with Crippen LogP contribution in [-0.4, -0.2) is 26.4 Å². The van der Waals surface area contributed by atoms with Crippen LogP contribution in [0.4, 0.5) is 0 Å². The number of aromatic nitrogens is 4. The summed E-state index contributed by atoms with van der Waals surface area (Å²) in [7, 11) is 0. The Bertz CT molecular complexity index is 1030. The van der Waals surface area contributed by atoms with Crippen molar-refractivity contribution >= 4 is 33.4 Å². The standard InChI is InChI=1S/C19H17ClN4O/c1-13-22-17-9-15-11-21-24(18(15)10-16(17)19(20)23-13)7-8-25-12-14-5-3-2-4-6-14/h2-6,9-11H,7-8,12H2,1H3. The van der Waals surface area contributed by atoms with Gasteiger partial charge >= 0.3 is 0 Å². The van der Waals surface area contributed by atoms with E-state index in [4.69, 9.17) is 16.3 Å². The van der Waals surface area contributed by atoms with E-state index in [0.29, 0.717) is 30.7 Å². The zero-order valence-electron chi connectivity index (χ0n) is 13.8. The lowest BCUT2D eigenvalue weighted by Gasteiger charge is -2.07. The van der Waals surface area contributed by atoms with E-state index >= 15 is 0 Å². The van der Waals surface area contributed by atoms with Crippen molar-refractivity contribution in [2.24, 2.45) is 0 Å². The molecule has 0 N–H and O–H groups in total. The van der Waals surface area contributed by atoms with Crippen molar-refractivity contribution in [2.75, 3.05) is 6.61 Å². The van der Waals surface area contributed by atoms with Crippen LogP contribution in [0.3, 0.4) is 0 Å². The molecule has 6 heteroatoms. The van der Waals surface area contributed by atoms with Crippen LogP contribution in [0.1, 0.15) is 11.4 Å². The molecule has 0 atom stereocenters. The zero-order chi connectivity index (χ0) is 17.2. The Morgan fingerprint density at radius 2 is 1.96 bits per heavy atom. The van der Waals surface area contributed by atoms with Gasteiger partial charge in [0.1, 0.15) is 11.0 Å². The summed E-state index contributed by atoms with van der Waals surface area (Å²) >= 11 is 6.27. The fraction of sp³-hybridized carbons (Fsp3) is 0.211. The lowest BCUT2D eigenvalue weighted by Crippen LogP contribution is -2.07. The molecule has 4 aromatic rings. The van der Waals surface area contributed by atoms with Crippen LogP contribution in [0, 0.1) is 6.92 Å². The second-order valence-corrected chi connectivity index (χ2v) is 6.25. The Kier molecular flexibility index (Phi) is 4.34. The van der Waals surface area contributed by atoms with Crippen LogP contribution >= 0.6 is 11.6 Å². The minimum absolute atomic E-state index is 0.470. The molecule has 0 spiro atoms. The highest BCUT2D eigenvalue weighted by atomic mass is 35.5. The van der Waals surface area contributed by atoms with Crippen LogP contribution in [0.5, 0.6) is 0 Å². The Labute approximate surface area is 150 Å². The van der Waals surface area contributed by atoms with E-state index in [0.717, 1.165) is 27.4 Å². The summed E-state index contributed by atoms with van der Waals surface area (Å²) in [6, 6.07) is 14.1. The number of benzene rings is 2. The Balaban J connectivity index is 1.53. The first-order chi connectivity index (χ1) is 12.2. The SMILES string of the molecule is Cc1nc(Cl)c2cc3c(cnn3CCOCc3ccccc3)cc2n1. The average molecular weight is 353 g/mol. The number of rotatable bonds is 5. The summed E-state index contributed by atoms with van der Waals surface area (Å²) in [6.45, 7) is 3.69. The molecule has 0 fully saturated rings. The summed E-state index contributed by atoms with van der Waals surface area (Å²) < 4.78 is 7.68. The molecule has 0 aliphatic carbocycles. The fourth-order valence-electron chi connectivity index (χ4n) is 2.87. The lowest BCUT2D eigenvalue weighted by molar-refractivity contribution is 0.111. The van der Waals surface area contributed by atoms with Gasteiger partial charge < -0.3 is 4.74 Å². The lowest BCUT2D eigenvalue weighted by atomic mass is 10.2. The van der Waals surface area contributed by atoms with Crippen molar-refractivity contribution in [2.45, 2.75) is 20.1 Å². The highest BCUT2D eigenvalue weighted by Crippen LogP contribution is 2.26. The minimum atomic E-state index is 0.470. The molecule has 4 rings (SSSR count). The summed E-state index contributed by atoms with van der Waals surface area (Å²) in [6.07, 6.45) is 1.84. The molecule has 2 aromatic heterocycles. The Morgan fingerprint density at radius 3 is 2.80 bits per heavy atom. The third kappa shape index (κ3) is 3.34. The van der Waals surface area contributed by atoms with Gasteiger partial charge in [0.15, 0.2) is 0 Å². The molecule has 25 heavy (non-hydrogen) atoms. The van der Waals surface area contributed by atoms with Crippen molar-refractivity contribution < 1.29 is 4.74 Å². The van der Waals surface area contributed by atoms with E-state index in [1.807, 2.05) is 48.1 Å². The van der Waals surface area contributed by atoms with Crippen LogP contribution in [0.15, 0.2) is 48.7 Å². The van der Waals surface area contributed by atoms with Crippen LogP contribution < -0.4 is 0 Å². The third-order valence-electron chi connectivity index (χ3n) is 4.08. The molecule has 0 bridgehead atoms. The van der Waals surface area contributed by atoms with Crippen molar-refractivity contribution in [3.05, 3.63) is 65.2 Å². The first kappa shape index (κ1) is 16.0. The summed E-state index contributed by atoms with van der Waals surface area (Å²) in [5.74, 6) is 0.665. The summed E-state index contributed by atoms with van der Waals surface area (Å²) in [4.78, 5) is 8.68. The largest absolute Gasteiger partial charge is 0.375 e. The molecule has 0 aliphatic heterocycles. The predicted molar refractivity (Wildman–Crippen MR) is 98.7 cm³/mol. The highest BCUT2D eigenvalue weighted by molar-refractivity contribution is 6.34.